The molecule has 0 aromatic heterocycles. The molecule has 0 spiro atoms. The molecule has 1 N–H and O–H groups in total. The fourth-order valence-corrected chi connectivity index (χ4v) is 1.79. The first-order chi connectivity index (χ1) is 9.81. The van der Waals surface area contributed by atoms with Gasteiger partial charge in [-0.25, -0.2) is 4.90 Å². The van der Waals surface area contributed by atoms with E-state index in [1.807, 2.05) is 0 Å². The average molecular weight is 289 g/mol. The van der Waals surface area contributed by atoms with E-state index in [9.17, 15) is 19.7 Å². The highest BCUT2D eigenvalue weighted by molar-refractivity contribution is 6.28. The van der Waals surface area contributed by atoms with Gasteiger partial charge in [0.05, 0.1) is 12.2 Å². The van der Waals surface area contributed by atoms with E-state index in [0.717, 1.165) is 4.90 Å². The maximum atomic E-state index is 11.6. The van der Waals surface area contributed by atoms with Crippen LogP contribution in [0, 0.1) is 10.1 Å². The zero-order valence-corrected chi connectivity index (χ0v) is 11.7. The zero-order chi connectivity index (χ0) is 15.6. The van der Waals surface area contributed by atoms with Gasteiger partial charge in [-0.05, 0) is 18.2 Å². The molecule has 0 saturated heterocycles. The first-order valence-corrected chi connectivity index (χ1v) is 6.36. The van der Waals surface area contributed by atoms with Crippen LogP contribution in [0.15, 0.2) is 36.4 Å². The number of nitro groups is 1. The molecule has 0 bridgehead atoms. The van der Waals surface area contributed by atoms with Crippen molar-refractivity contribution in [3.63, 3.8) is 0 Å². The van der Waals surface area contributed by atoms with Crippen LogP contribution in [0.2, 0.25) is 0 Å². The van der Waals surface area contributed by atoms with Gasteiger partial charge < -0.3 is 5.32 Å². The number of hydrogen-bond donors (Lipinski definition) is 1. The summed E-state index contributed by atoms with van der Waals surface area (Å²) in [6.07, 6.45) is 2.41. The first-order valence-electron chi connectivity index (χ1n) is 6.36. The Hall–Kier alpha value is -2.70. The predicted octanol–water partition coefficient (Wildman–Crippen LogP) is 1.58. The number of rotatable bonds is 5. The molecule has 1 aromatic rings. The second-order valence-corrected chi connectivity index (χ2v) is 5.32. The molecule has 1 heterocycles. The molecule has 2 amide bonds. The molecule has 7 nitrogen and oxygen atoms in total. The van der Waals surface area contributed by atoms with Crippen molar-refractivity contribution in [2.45, 2.75) is 19.4 Å². The van der Waals surface area contributed by atoms with Crippen molar-refractivity contribution in [1.82, 2.24) is 0 Å². The SMILES string of the molecule is CC(C)(CNc1cccc(N2C(=O)C=CC2=O)c1)[N+](=O)[O-]. The number of amides is 2. The van der Waals surface area contributed by atoms with Crippen LogP contribution < -0.4 is 10.2 Å². The Bertz CT molecular complexity index is 619. The fraction of sp³-hybridized carbons (Fsp3) is 0.286. The van der Waals surface area contributed by atoms with E-state index in [4.69, 9.17) is 0 Å². The minimum absolute atomic E-state index is 0.129. The topological polar surface area (TPSA) is 92.6 Å². The summed E-state index contributed by atoms with van der Waals surface area (Å²) in [6, 6.07) is 6.64. The second-order valence-electron chi connectivity index (χ2n) is 5.32. The highest BCUT2D eigenvalue weighted by Crippen LogP contribution is 2.23. The molecule has 1 aromatic carbocycles. The molecule has 0 radical (unpaired) electrons. The molecule has 7 heteroatoms. The largest absolute Gasteiger partial charge is 0.378 e. The number of benzene rings is 1. The van der Waals surface area contributed by atoms with E-state index in [-0.39, 0.29) is 11.5 Å². The molecule has 0 aliphatic carbocycles. The van der Waals surface area contributed by atoms with Gasteiger partial charge in [0.25, 0.3) is 11.8 Å². The van der Waals surface area contributed by atoms with Crippen LogP contribution in [0.4, 0.5) is 11.4 Å². The van der Waals surface area contributed by atoms with Crippen molar-refractivity contribution in [2.24, 2.45) is 0 Å². The molecule has 1 aliphatic rings. The fourth-order valence-electron chi connectivity index (χ4n) is 1.79. The Morgan fingerprint density at radius 1 is 1.24 bits per heavy atom. The second kappa shape index (κ2) is 5.35. The summed E-state index contributed by atoms with van der Waals surface area (Å²) in [5, 5.41) is 13.8. The number of nitrogens with one attached hydrogen (secondary N) is 1. The Morgan fingerprint density at radius 2 is 1.86 bits per heavy atom. The molecule has 0 unspecified atom stereocenters. The minimum atomic E-state index is -1.11. The summed E-state index contributed by atoms with van der Waals surface area (Å²) in [7, 11) is 0. The third-order valence-electron chi connectivity index (χ3n) is 3.13. The maximum absolute atomic E-state index is 11.6. The van der Waals surface area contributed by atoms with Gasteiger partial charge in [0.2, 0.25) is 5.54 Å². The van der Waals surface area contributed by atoms with E-state index in [0.29, 0.717) is 11.4 Å². The summed E-state index contributed by atoms with van der Waals surface area (Å²) in [5.74, 6) is -0.800. The molecule has 0 saturated carbocycles. The first kappa shape index (κ1) is 14.7. The lowest BCUT2D eigenvalue weighted by molar-refractivity contribution is -0.556. The van der Waals surface area contributed by atoms with Gasteiger partial charge in [-0.15, -0.1) is 0 Å². The maximum Gasteiger partial charge on any atom is 0.258 e. The number of nitrogens with zero attached hydrogens (tertiary/aromatic N) is 2. The summed E-state index contributed by atoms with van der Waals surface area (Å²) < 4.78 is 0. The number of anilines is 2. The molecular weight excluding hydrogens is 274 g/mol. The number of carbonyl (C=O) groups is 2. The third-order valence-corrected chi connectivity index (χ3v) is 3.13. The van der Waals surface area contributed by atoms with Gasteiger partial charge in [0, 0.05) is 36.6 Å². The van der Waals surface area contributed by atoms with Crippen molar-refractivity contribution in [3.05, 3.63) is 46.5 Å². The lowest BCUT2D eigenvalue weighted by atomic mass is 10.1. The highest BCUT2D eigenvalue weighted by Gasteiger charge is 2.30. The third kappa shape index (κ3) is 3.07. The Labute approximate surface area is 121 Å². The van der Waals surface area contributed by atoms with E-state index in [1.54, 1.807) is 24.3 Å². The normalized spacial score (nSPS) is 14.7. The predicted molar refractivity (Wildman–Crippen MR) is 77.6 cm³/mol. The molecule has 1 aliphatic heterocycles. The summed E-state index contributed by atoms with van der Waals surface area (Å²) in [6.45, 7) is 3.16. The van der Waals surface area contributed by atoms with Gasteiger partial charge in [0.15, 0.2) is 0 Å². The smallest absolute Gasteiger partial charge is 0.258 e. The summed E-state index contributed by atoms with van der Waals surface area (Å²) >= 11 is 0. The number of carbonyl (C=O) groups excluding carboxylic acids is 2. The van der Waals surface area contributed by atoms with Gasteiger partial charge in [0.1, 0.15) is 0 Å². The van der Waals surface area contributed by atoms with Crippen molar-refractivity contribution in [3.8, 4) is 0 Å². The quantitative estimate of drug-likeness (QED) is 0.504. The van der Waals surface area contributed by atoms with Crippen LogP contribution in [0.5, 0.6) is 0 Å². The van der Waals surface area contributed by atoms with Crippen molar-refractivity contribution < 1.29 is 14.5 Å². The van der Waals surface area contributed by atoms with Crippen LogP contribution in [0.1, 0.15) is 13.8 Å². The van der Waals surface area contributed by atoms with Crippen molar-refractivity contribution in [2.75, 3.05) is 16.8 Å². The number of imide groups is 1. The molecule has 2 rings (SSSR count). The number of hydrogen-bond acceptors (Lipinski definition) is 5. The van der Waals surface area contributed by atoms with Crippen molar-refractivity contribution in [1.29, 1.82) is 0 Å². The van der Waals surface area contributed by atoms with E-state index < -0.39 is 17.4 Å². The highest BCUT2D eigenvalue weighted by atomic mass is 16.6. The van der Waals surface area contributed by atoms with Crippen LogP contribution >= 0.6 is 0 Å². The Balaban J connectivity index is 2.14. The van der Waals surface area contributed by atoms with Crippen LogP contribution in [0.3, 0.4) is 0 Å². The monoisotopic (exact) mass is 289 g/mol. The molecule has 110 valence electrons. The van der Waals surface area contributed by atoms with Gasteiger partial charge in [-0.2, -0.15) is 0 Å². The summed E-state index contributed by atoms with van der Waals surface area (Å²) in [5.41, 5.74) is -0.0783. The molecular formula is C14H15N3O4. The zero-order valence-electron chi connectivity index (χ0n) is 11.7. The van der Waals surface area contributed by atoms with Crippen molar-refractivity contribution >= 4 is 23.2 Å². The summed E-state index contributed by atoms with van der Waals surface area (Å²) in [4.78, 5) is 34.8. The average Bonchev–Trinajstić information content (AvgIpc) is 2.76. The van der Waals surface area contributed by atoms with Crippen LogP contribution in [-0.2, 0) is 9.59 Å². The molecule has 21 heavy (non-hydrogen) atoms. The van der Waals surface area contributed by atoms with Crippen LogP contribution in [0.25, 0.3) is 0 Å². The molecule has 0 fully saturated rings. The van der Waals surface area contributed by atoms with E-state index >= 15 is 0 Å². The Morgan fingerprint density at radius 3 is 2.43 bits per heavy atom. The van der Waals surface area contributed by atoms with E-state index in [2.05, 4.69) is 5.32 Å². The standard InChI is InChI=1S/C14H15N3O4/c1-14(2,17(20)21)9-15-10-4-3-5-11(8-10)16-12(18)6-7-13(16)19/h3-8,15H,9H2,1-2H3. The lowest BCUT2D eigenvalue weighted by Gasteiger charge is -2.18. The van der Waals surface area contributed by atoms with Gasteiger partial charge in [-0.3, -0.25) is 19.7 Å². The van der Waals surface area contributed by atoms with Crippen LogP contribution in [-0.4, -0.2) is 28.8 Å². The Kier molecular flexibility index (Phi) is 3.75. The minimum Gasteiger partial charge on any atom is -0.378 e. The van der Waals surface area contributed by atoms with E-state index in [1.165, 1.54) is 26.0 Å². The lowest BCUT2D eigenvalue weighted by Crippen LogP contribution is -2.38. The van der Waals surface area contributed by atoms with Gasteiger partial charge in [-0.1, -0.05) is 6.07 Å². The van der Waals surface area contributed by atoms with Gasteiger partial charge >= 0.3 is 0 Å². The molecule has 0 atom stereocenters.